The number of anilines is 6. The third kappa shape index (κ3) is 22.8. The second kappa shape index (κ2) is 37.2. The van der Waals surface area contributed by atoms with Crippen molar-refractivity contribution >= 4 is 143 Å². The van der Waals surface area contributed by atoms with Crippen molar-refractivity contribution < 1.29 is 48.1 Å². The van der Waals surface area contributed by atoms with Crippen LogP contribution in [-0.2, 0) is 19.2 Å². The molecule has 8 N–H and O–H groups in total. The van der Waals surface area contributed by atoms with Crippen molar-refractivity contribution in [1.82, 2.24) is 16.0 Å². The van der Waals surface area contributed by atoms with E-state index in [0.717, 1.165) is 16.7 Å². The van der Waals surface area contributed by atoms with E-state index in [2.05, 4.69) is 58.7 Å². The van der Waals surface area contributed by atoms with Gasteiger partial charge in [-0.25, -0.2) is 27.7 Å². The molecule has 1 fully saturated rings. The summed E-state index contributed by atoms with van der Waals surface area (Å²) in [5, 5.41) is 16.1. The molecule has 0 aromatic heterocycles. The van der Waals surface area contributed by atoms with E-state index in [1.165, 1.54) is 68.5 Å². The number of hydrogen-bond donors (Lipinski definition) is 7. The average Bonchev–Trinajstić information content (AvgIpc) is 1.59. The molecular weight excluding hydrogens is 1240 g/mol. The number of rotatable bonds is 11. The number of amides is 5. The Balaban J connectivity index is 0.000000609. The predicted octanol–water partition coefficient (Wildman–Crippen LogP) is 14.2. The minimum Gasteiger partial charge on any atom is -0.399 e. The van der Waals surface area contributed by atoms with Gasteiger partial charge in [0.05, 0.1) is 36.4 Å². The summed E-state index contributed by atoms with van der Waals surface area (Å²) in [4.78, 5) is 89.6. The Morgan fingerprint density at radius 1 is 0.667 bits per heavy atom. The molecule has 6 aromatic rings. The normalized spacial score (nSPS) is 11.4. The molecule has 0 aliphatic carbocycles. The molecule has 0 saturated carbocycles. The number of hydrogen-bond acceptors (Lipinski definition) is 12. The van der Waals surface area contributed by atoms with Crippen LogP contribution >= 0.6 is 47.6 Å². The average molecular weight is 1310 g/mol. The van der Waals surface area contributed by atoms with E-state index in [0.29, 0.717) is 58.1 Å². The van der Waals surface area contributed by atoms with Crippen molar-refractivity contribution in [1.29, 1.82) is 0 Å². The van der Waals surface area contributed by atoms with Crippen molar-refractivity contribution in [3.05, 3.63) is 194 Å². The van der Waals surface area contributed by atoms with Crippen molar-refractivity contribution in [3.63, 3.8) is 0 Å². The largest absolute Gasteiger partial charge is 0.399 e. The Labute approximate surface area is 544 Å². The van der Waals surface area contributed by atoms with Crippen molar-refractivity contribution in [2.45, 2.75) is 93.3 Å². The molecular formula is C64H69Cl2F3N12O7S2. The molecule has 90 heavy (non-hydrogen) atoms. The smallest absolute Gasteiger partial charge is 0.373 e. The molecule has 0 bridgehead atoms. The lowest BCUT2D eigenvalue weighted by molar-refractivity contribution is -0.191. The summed E-state index contributed by atoms with van der Waals surface area (Å²) in [5.74, 6) is -3.96. The molecule has 0 spiro atoms. The monoisotopic (exact) mass is 1310 g/mol. The molecule has 474 valence electrons. The summed E-state index contributed by atoms with van der Waals surface area (Å²) in [6, 6.07) is 28.2. The summed E-state index contributed by atoms with van der Waals surface area (Å²) in [7, 11) is 4.32. The van der Waals surface area contributed by atoms with Crippen LogP contribution in [0, 0.1) is 57.9 Å². The summed E-state index contributed by atoms with van der Waals surface area (Å²) in [5.41, 5.74) is 10.6. The van der Waals surface area contributed by atoms with Crippen LogP contribution in [-0.4, -0.2) is 82.8 Å². The second-order valence-corrected chi connectivity index (χ2v) is 21.9. The first kappa shape index (κ1) is 76.4. The fourth-order valence-electron chi connectivity index (χ4n) is 7.86. The molecule has 1 aliphatic rings. The Kier molecular flexibility index (Phi) is 31.6. The molecule has 1 aliphatic heterocycles. The molecule has 1 saturated heterocycles. The van der Waals surface area contributed by atoms with Crippen LogP contribution in [0.1, 0.15) is 105 Å². The van der Waals surface area contributed by atoms with Crippen LogP contribution in [0.4, 0.5) is 64.4 Å². The first-order chi connectivity index (χ1) is 42.6. The Bertz CT molecular complexity index is 3790. The molecule has 7 rings (SSSR count). The topological polar surface area (TPSA) is 237 Å². The van der Waals surface area contributed by atoms with Gasteiger partial charge in [-0.1, -0.05) is 67.4 Å². The van der Waals surface area contributed by atoms with Crippen LogP contribution in [0.25, 0.3) is 14.5 Å². The number of halogens is 5. The fraction of sp³-hybridized carbons (Fsp3) is 0.266. The van der Waals surface area contributed by atoms with Gasteiger partial charge >= 0.3 is 6.15 Å². The maximum Gasteiger partial charge on any atom is 0.373 e. The minimum absolute atomic E-state index is 0.0556. The fourth-order valence-corrected chi connectivity index (χ4v) is 8.38. The van der Waals surface area contributed by atoms with Gasteiger partial charge in [0.25, 0.3) is 23.6 Å². The lowest BCUT2D eigenvalue weighted by Gasteiger charge is -2.29. The number of benzene rings is 6. The van der Waals surface area contributed by atoms with Gasteiger partial charge in [0.1, 0.15) is 28.5 Å². The van der Waals surface area contributed by atoms with Gasteiger partial charge in [-0.2, -0.15) is 9.59 Å². The number of nitrogens with two attached hydrogens (primary N) is 1. The van der Waals surface area contributed by atoms with Gasteiger partial charge in [0, 0.05) is 62.7 Å². The molecule has 19 nitrogen and oxygen atoms in total. The third-order valence-corrected chi connectivity index (χ3v) is 12.6. The van der Waals surface area contributed by atoms with Gasteiger partial charge in [-0.3, -0.25) is 28.9 Å². The minimum atomic E-state index is -1.07. The maximum atomic E-state index is 14.5. The standard InChI is InChI=1S/C21H19FN4O2S.C20H21FN4O2.C11H15FN2O.C8H8N2.C2H6.CCl2S.CO2/c1-12-10-13(7-9-17(12)23-4)25-19(28)21(2,3)26(20(25)29)14-6-8-15(16(22)11-14)18(27)24-5;1-12-10-13(7-9-17(12)22-4)24-19(27)20(2,3)25-14-6-8-15(16(21)11-14)18(26)23-5;1-7(2)14-8-4-5-9(10(12)6-8)11(15)13-3;1-6-5-7(9)3-4-8(6)10-2;1-2;2-1(3)4;2-1-3/h6-11H,1-3,5H3,(H,24,27);6-11,25H,1-3,5H3,(H,23,26)(H,24,27);4-7,14H,1-3H3,(H,13,15);3-5H,9H2,1H3;1-2H3;;/i;;;;1D;;. The summed E-state index contributed by atoms with van der Waals surface area (Å²) >= 11 is 19.2. The number of aryl methyl sites for hydroxylation is 3. The highest BCUT2D eigenvalue weighted by Crippen LogP contribution is 2.38. The highest BCUT2D eigenvalue weighted by molar-refractivity contribution is 7.86. The predicted molar refractivity (Wildman–Crippen MR) is 358 cm³/mol. The third-order valence-electron chi connectivity index (χ3n) is 12.2. The van der Waals surface area contributed by atoms with Crippen LogP contribution in [0.15, 0.2) is 109 Å². The van der Waals surface area contributed by atoms with Gasteiger partial charge in [0.15, 0.2) is 26.0 Å². The van der Waals surface area contributed by atoms with Gasteiger partial charge < -0.3 is 42.5 Å². The lowest BCUT2D eigenvalue weighted by Crippen LogP contribution is -2.44. The van der Waals surface area contributed by atoms with Crippen molar-refractivity contribution in [2.24, 2.45) is 0 Å². The van der Waals surface area contributed by atoms with Gasteiger partial charge in [-0.15, -0.1) is 0 Å². The Morgan fingerprint density at radius 2 is 1.04 bits per heavy atom. The second-order valence-electron chi connectivity index (χ2n) is 19.8. The molecule has 26 heteroatoms. The molecule has 0 atom stereocenters. The molecule has 6 aromatic carbocycles. The number of carbonyl (C=O) groups excluding carboxylic acids is 7. The van der Waals surface area contributed by atoms with Crippen LogP contribution in [0.3, 0.4) is 0 Å². The zero-order valence-electron chi connectivity index (χ0n) is 52.6. The number of thiocarbonyl (C=S) groups is 2. The van der Waals surface area contributed by atoms with E-state index in [-0.39, 0.29) is 49.6 Å². The SMILES string of the molecule is CNC(=O)c1ccc(NC(C)C)cc1F.O=C=O.S=C(Cl)Cl.[2H]CC.[C-]#[N+]c1ccc(N)cc1C.[C-]#[N+]c1ccc(N2C(=O)C(C)(C)N(c3ccc(C(=O)NC)c(F)c3)C2=S)cc1C.[C-]#[N+]c1ccc(NC(=O)C(C)(C)Nc2ccc(C(=O)NC)c(F)c2)cc1C. The van der Waals surface area contributed by atoms with Crippen molar-refractivity contribution in [3.8, 4) is 0 Å². The van der Waals surface area contributed by atoms with E-state index >= 15 is 0 Å². The molecule has 5 amide bonds. The van der Waals surface area contributed by atoms with Crippen LogP contribution < -0.4 is 47.4 Å². The Hall–Kier alpha value is -9.73. The summed E-state index contributed by atoms with van der Waals surface area (Å²) in [6.45, 7) is 39.4. The highest BCUT2D eigenvalue weighted by Gasteiger charge is 2.50. The Morgan fingerprint density at radius 3 is 1.44 bits per heavy atom. The molecule has 1 heterocycles. The lowest BCUT2D eigenvalue weighted by atomic mass is 10.0. The number of nitrogens with one attached hydrogen (secondary N) is 6. The van der Waals surface area contributed by atoms with Crippen LogP contribution in [0.5, 0.6) is 0 Å². The number of nitrogens with zero attached hydrogens (tertiary/aromatic N) is 5. The summed E-state index contributed by atoms with van der Waals surface area (Å²) in [6.07, 6.45) is 0.250. The first-order valence-corrected chi connectivity index (χ1v) is 28.2. The maximum absolute atomic E-state index is 14.5. The highest BCUT2D eigenvalue weighted by atomic mass is 35.5. The number of carbonyl (C=O) groups is 5. The van der Waals surface area contributed by atoms with E-state index < -0.39 is 46.3 Å². The van der Waals surface area contributed by atoms with E-state index in [9.17, 15) is 37.1 Å². The quantitative estimate of drug-likeness (QED) is 0.0277. The van der Waals surface area contributed by atoms with Gasteiger partial charge in [-0.05, 0) is 182 Å². The van der Waals surface area contributed by atoms with Crippen molar-refractivity contribution in [2.75, 3.05) is 52.6 Å². The van der Waals surface area contributed by atoms with Gasteiger partial charge in [0.2, 0.25) is 5.91 Å². The van der Waals surface area contributed by atoms with E-state index in [4.69, 9.17) is 71.8 Å². The zero-order chi connectivity index (χ0) is 69.7. The first-order valence-electron chi connectivity index (χ1n) is 27.3. The zero-order valence-corrected chi connectivity index (χ0v) is 54.7. The molecule has 0 radical (unpaired) electrons. The molecule has 0 unspecified atom stereocenters. The van der Waals surface area contributed by atoms with E-state index in [1.54, 1.807) is 120 Å². The number of nitrogen functional groups attached to an aromatic ring is 1. The summed E-state index contributed by atoms with van der Waals surface area (Å²) < 4.78 is 48.2. The van der Waals surface area contributed by atoms with E-state index in [1.807, 2.05) is 20.8 Å². The van der Waals surface area contributed by atoms with Crippen LogP contribution in [0.2, 0.25) is 0 Å².